The first kappa shape index (κ1) is 16.4. The van der Waals surface area contributed by atoms with Crippen LogP contribution in [-0.4, -0.2) is 48.3 Å². The number of aliphatic hydroxyl groups is 1. The molecule has 0 aliphatic rings. The van der Waals surface area contributed by atoms with Crippen molar-refractivity contribution < 1.29 is 29.1 Å². The van der Waals surface area contributed by atoms with Crippen LogP contribution >= 0.6 is 0 Å². The van der Waals surface area contributed by atoms with Gasteiger partial charge < -0.3 is 19.9 Å². The normalized spacial score (nSPS) is 11.3. The highest BCUT2D eigenvalue weighted by Crippen LogP contribution is 2.25. The number of nitro benzene ring substituents is 1. The van der Waals surface area contributed by atoms with E-state index >= 15 is 0 Å². The smallest absolute Gasteiger partial charge is 0.336 e. The lowest BCUT2D eigenvalue weighted by Gasteiger charge is -2.10. The van der Waals surface area contributed by atoms with Gasteiger partial charge in [0.15, 0.2) is 18.5 Å². The Hall–Kier alpha value is -2.68. The quantitative estimate of drug-likeness (QED) is 0.399. The molecule has 114 valence electrons. The molecule has 9 nitrogen and oxygen atoms in total. The molecule has 21 heavy (non-hydrogen) atoms. The first-order chi connectivity index (χ1) is 9.95. The Bertz CT molecular complexity index is 532. The number of ether oxygens (including phenoxy) is 2. The zero-order valence-corrected chi connectivity index (χ0v) is 11.1. The molecule has 9 heteroatoms. The van der Waals surface area contributed by atoms with Crippen molar-refractivity contribution in [2.45, 2.75) is 6.10 Å². The van der Waals surface area contributed by atoms with Crippen LogP contribution in [0.15, 0.2) is 24.3 Å². The van der Waals surface area contributed by atoms with Gasteiger partial charge in [0.05, 0.1) is 18.6 Å². The molecule has 2 N–H and O–H groups in total. The monoisotopic (exact) mass is 298 g/mol. The highest BCUT2D eigenvalue weighted by Gasteiger charge is 2.18. The molecule has 0 bridgehead atoms. The Morgan fingerprint density at radius 1 is 1.43 bits per heavy atom. The summed E-state index contributed by atoms with van der Waals surface area (Å²) in [6.45, 7) is -0.829. The zero-order valence-electron chi connectivity index (χ0n) is 11.1. The minimum Gasteiger partial charge on any atom is -0.477 e. The fraction of sp³-hybridized carbons (Fsp3) is 0.333. The van der Waals surface area contributed by atoms with E-state index in [0.717, 1.165) is 7.11 Å². The molecule has 1 amide bonds. The van der Waals surface area contributed by atoms with Crippen molar-refractivity contribution in [3.8, 4) is 5.75 Å². The van der Waals surface area contributed by atoms with Crippen LogP contribution in [0.1, 0.15) is 0 Å². The third-order valence-electron chi connectivity index (χ3n) is 2.39. The number of esters is 1. The molecule has 0 saturated heterocycles. The average molecular weight is 298 g/mol. The van der Waals surface area contributed by atoms with Crippen LogP contribution in [-0.2, 0) is 14.3 Å². The molecule has 1 rings (SSSR count). The number of carbonyl (C=O) groups excluding carboxylic acids is 2. The number of methoxy groups -OCH3 is 1. The van der Waals surface area contributed by atoms with Gasteiger partial charge in [-0.25, -0.2) is 4.79 Å². The Labute approximate surface area is 119 Å². The molecule has 0 aliphatic heterocycles. The van der Waals surface area contributed by atoms with Crippen molar-refractivity contribution in [1.29, 1.82) is 0 Å². The maximum absolute atomic E-state index is 11.4. The number of rotatable bonds is 7. The van der Waals surface area contributed by atoms with Crippen LogP contribution in [0.25, 0.3) is 0 Å². The fourth-order valence-electron chi connectivity index (χ4n) is 1.35. The second kappa shape index (κ2) is 7.80. The Morgan fingerprint density at radius 3 is 2.71 bits per heavy atom. The first-order valence-corrected chi connectivity index (χ1v) is 5.84. The minimum absolute atomic E-state index is 0.0498. The summed E-state index contributed by atoms with van der Waals surface area (Å²) < 4.78 is 9.30. The van der Waals surface area contributed by atoms with E-state index in [1.165, 1.54) is 24.3 Å². The summed E-state index contributed by atoms with van der Waals surface area (Å²) in [4.78, 5) is 32.4. The number of amides is 1. The highest BCUT2D eigenvalue weighted by molar-refractivity contribution is 5.79. The van der Waals surface area contributed by atoms with Gasteiger partial charge in [0.25, 0.3) is 5.91 Å². The summed E-state index contributed by atoms with van der Waals surface area (Å²) in [5.74, 6) is -1.57. The Morgan fingerprint density at radius 2 is 2.10 bits per heavy atom. The van der Waals surface area contributed by atoms with Gasteiger partial charge in [0.1, 0.15) is 0 Å². The van der Waals surface area contributed by atoms with Gasteiger partial charge in [-0.15, -0.1) is 0 Å². The molecule has 0 saturated carbocycles. The first-order valence-electron chi connectivity index (χ1n) is 5.84. The SMILES string of the molecule is COC(=O)C(O)CNC(=O)COc1ccccc1[N+](=O)[O-]. The maximum Gasteiger partial charge on any atom is 0.336 e. The van der Waals surface area contributed by atoms with Gasteiger partial charge in [-0.1, -0.05) is 12.1 Å². The van der Waals surface area contributed by atoms with Crippen molar-refractivity contribution in [1.82, 2.24) is 5.32 Å². The molecular weight excluding hydrogens is 284 g/mol. The lowest BCUT2D eigenvalue weighted by molar-refractivity contribution is -0.385. The molecule has 1 atom stereocenters. The molecule has 0 aliphatic carbocycles. The molecule has 0 aromatic heterocycles. The molecule has 0 spiro atoms. The number of aliphatic hydroxyl groups excluding tert-OH is 1. The summed E-state index contributed by atoms with van der Waals surface area (Å²) in [7, 11) is 1.10. The Kier molecular flexibility index (Phi) is 6.08. The molecule has 1 aromatic carbocycles. The lowest BCUT2D eigenvalue weighted by Crippen LogP contribution is -2.39. The van der Waals surface area contributed by atoms with E-state index in [1.54, 1.807) is 0 Å². The van der Waals surface area contributed by atoms with E-state index in [2.05, 4.69) is 10.1 Å². The predicted molar refractivity (Wildman–Crippen MR) is 69.6 cm³/mol. The van der Waals surface area contributed by atoms with Crippen molar-refractivity contribution in [2.75, 3.05) is 20.3 Å². The van der Waals surface area contributed by atoms with E-state index in [-0.39, 0.29) is 18.0 Å². The van der Waals surface area contributed by atoms with Crippen molar-refractivity contribution in [2.24, 2.45) is 0 Å². The number of hydrogen-bond donors (Lipinski definition) is 2. The third-order valence-corrected chi connectivity index (χ3v) is 2.39. The van der Waals surface area contributed by atoms with Gasteiger partial charge in [0.2, 0.25) is 0 Å². The van der Waals surface area contributed by atoms with Crippen molar-refractivity contribution in [3.63, 3.8) is 0 Å². The van der Waals surface area contributed by atoms with Crippen LogP contribution in [0.5, 0.6) is 5.75 Å². The van der Waals surface area contributed by atoms with Crippen molar-refractivity contribution >= 4 is 17.6 Å². The topological polar surface area (TPSA) is 128 Å². The van der Waals surface area contributed by atoms with Gasteiger partial charge >= 0.3 is 11.7 Å². The second-order valence-corrected chi connectivity index (χ2v) is 3.86. The van der Waals surface area contributed by atoms with E-state index in [0.29, 0.717) is 0 Å². The largest absolute Gasteiger partial charge is 0.477 e. The van der Waals surface area contributed by atoms with Crippen LogP contribution in [0.2, 0.25) is 0 Å². The summed E-state index contributed by atoms with van der Waals surface area (Å²) in [6.07, 6.45) is -1.48. The molecule has 1 unspecified atom stereocenters. The predicted octanol–water partition coefficient (Wildman–Crippen LogP) is -0.376. The number of carbonyl (C=O) groups is 2. The number of para-hydroxylation sites is 2. The molecule has 0 radical (unpaired) electrons. The van der Waals surface area contributed by atoms with E-state index in [4.69, 9.17) is 4.74 Å². The van der Waals surface area contributed by atoms with E-state index in [1.807, 2.05) is 0 Å². The molecule has 0 heterocycles. The lowest BCUT2D eigenvalue weighted by atomic mass is 10.3. The van der Waals surface area contributed by atoms with Gasteiger partial charge in [-0.3, -0.25) is 14.9 Å². The summed E-state index contributed by atoms with van der Waals surface area (Å²) >= 11 is 0. The number of benzene rings is 1. The third kappa shape index (κ3) is 5.07. The van der Waals surface area contributed by atoms with Crippen molar-refractivity contribution in [3.05, 3.63) is 34.4 Å². The molecule has 0 fully saturated rings. The zero-order chi connectivity index (χ0) is 15.8. The Balaban J connectivity index is 2.47. The van der Waals surface area contributed by atoms with Gasteiger partial charge in [-0.2, -0.15) is 0 Å². The number of nitrogens with one attached hydrogen (secondary N) is 1. The fourth-order valence-corrected chi connectivity index (χ4v) is 1.35. The second-order valence-electron chi connectivity index (χ2n) is 3.86. The van der Waals surface area contributed by atoms with E-state index in [9.17, 15) is 24.8 Å². The van der Waals surface area contributed by atoms with Crippen LogP contribution in [0.3, 0.4) is 0 Å². The van der Waals surface area contributed by atoms with Gasteiger partial charge in [0, 0.05) is 6.07 Å². The standard InChI is InChI=1S/C12H14N2O7/c1-20-12(17)9(15)6-13-11(16)7-21-10-5-3-2-4-8(10)14(18)19/h2-5,9,15H,6-7H2,1H3,(H,13,16). The number of nitro groups is 1. The summed E-state index contributed by atoms with van der Waals surface area (Å²) in [5.41, 5.74) is -0.264. The minimum atomic E-state index is -1.48. The summed E-state index contributed by atoms with van der Waals surface area (Å²) in [6, 6.07) is 5.60. The van der Waals surface area contributed by atoms with E-state index < -0.39 is 29.5 Å². The molecular formula is C12H14N2O7. The van der Waals surface area contributed by atoms with Crippen LogP contribution < -0.4 is 10.1 Å². The number of nitrogens with zero attached hydrogens (tertiary/aromatic N) is 1. The maximum atomic E-state index is 11.4. The summed E-state index contributed by atoms with van der Waals surface area (Å²) in [5, 5.41) is 22.2. The highest BCUT2D eigenvalue weighted by atomic mass is 16.6. The number of hydrogen-bond acceptors (Lipinski definition) is 7. The molecule has 1 aromatic rings. The average Bonchev–Trinajstić information content (AvgIpc) is 2.49. The van der Waals surface area contributed by atoms with Crippen LogP contribution in [0.4, 0.5) is 5.69 Å². The van der Waals surface area contributed by atoms with Gasteiger partial charge in [-0.05, 0) is 6.07 Å². The van der Waals surface area contributed by atoms with Crippen LogP contribution in [0, 0.1) is 10.1 Å².